The lowest BCUT2D eigenvalue weighted by molar-refractivity contribution is 0.520. The smallest absolute Gasteiger partial charge is 0.203 e. The molecule has 6 heteroatoms. The van der Waals surface area contributed by atoms with Gasteiger partial charge in [-0.15, -0.1) is 5.10 Å². The number of hydrogen-bond donors (Lipinski definition) is 1. The molecule has 19 heavy (non-hydrogen) atoms. The SMILES string of the molecule is c1cn(CCCNc2nccn2C2CCCC2)nn1. The molecule has 3 rings (SSSR count). The maximum absolute atomic E-state index is 4.41. The summed E-state index contributed by atoms with van der Waals surface area (Å²) in [5, 5.41) is 11.2. The summed E-state index contributed by atoms with van der Waals surface area (Å²) in [4.78, 5) is 4.41. The van der Waals surface area contributed by atoms with Gasteiger partial charge in [0, 0.05) is 37.7 Å². The van der Waals surface area contributed by atoms with Crippen LogP contribution in [0, 0.1) is 0 Å². The summed E-state index contributed by atoms with van der Waals surface area (Å²) < 4.78 is 4.15. The van der Waals surface area contributed by atoms with Crippen LogP contribution < -0.4 is 5.32 Å². The fraction of sp³-hybridized carbons (Fsp3) is 0.615. The van der Waals surface area contributed by atoms with Crippen molar-refractivity contribution in [2.75, 3.05) is 11.9 Å². The van der Waals surface area contributed by atoms with Gasteiger partial charge in [0.05, 0.1) is 6.20 Å². The van der Waals surface area contributed by atoms with E-state index < -0.39 is 0 Å². The first-order chi connectivity index (χ1) is 9.43. The van der Waals surface area contributed by atoms with E-state index in [1.807, 2.05) is 17.1 Å². The lowest BCUT2D eigenvalue weighted by atomic mass is 10.2. The van der Waals surface area contributed by atoms with Crippen molar-refractivity contribution in [3.05, 3.63) is 24.8 Å². The quantitative estimate of drug-likeness (QED) is 0.808. The Morgan fingerprint density at radius 2 is 2.11 bits per heavy atom. The Kier molecular flexibility index (Phi) is 3.76. The highest BCUT2D eigenvalue weighted by molar-refractivity contribution is 5.26. The van der Waals surface area contributed by atoms with Crippen molar-refractivity contribution in [2.45, 2.75) is 44.7 Å². The Morgan fingerprint density at radius 3 is 2.89 bits per heavy atom. The molecule has 1 saturated carbocycles. The van der Waals surface area contributed by atoms with Gasteiger partial charge < -0.3 is 9.88 Å². The van der Waals surface area contributed by atoms with E-state index in [1.54, 1.807) is 6.20 Å². The average molecular weight is 260 g/mol. The minimum Gasteiger partial charge on any atom is -0.356 e. The first-order valence-electron chi connectivity index (χ1n) is 7.04. The van der Waals surface area contributed by atoms with E-state index in [9.17, 15) is 0 Å². The molecule has 0 radical (unpaired) electrons. The van der Waals surface area contributed by atoms with E-state index in [4.69, 9.17) is 0 Å². The van der Waals surface area contributed by atoms with Crippen LogP contribution >= 0.6 is 0 Å². The number of imidazole rings is 1. The predicted molar refractivity (Wildman–Crippen MR) is 72.9 cm³/mol. The molecule has 0 saturated heterocycles. The number of aryl methyl sites for hydroxylation is 1. The van der Waals surface area contributed by atoms with Crippen molar-refractivity contribution in [1.29, 1.82) is 0 Å². The van der Waals surface area contributed by atoms with Gasteiger partial charge in [-0.05, 0) is 19.3 Å². The lowest BCUT2D eigenvalue weighted by Crippen LogP contribution is -2.13. The molecular weight excluding hydrogens is 240 g/mol. The third-order valence-corrected chi connectivity index (χ3v) is 3.71. The molecule has 0 spiro atoms. The number of anilines is 1. The molecule has 6 nitrogen and oxygen atoms in total. The van der Waals surface area contributed by atoms with Gasteiger partial charge in [0.25, 0.3) is 0 Å². The normalized spacial score (nSPS) is 16.0. The van der Waals surface area contributed by atoms with E-state index in [2.05, 4.69) is 31.4 Å². The molecule has 1 fully saturated rings. The largest absolute Gasteiger partial charge is 0.356 e. The highest BCUT2D eigenvalue weighted by Crippen LogP contribution is 2.31. The Labute approximate surface area is 112 Å². The van der Waals surface area contributed by atoms with Crippen molar-refractivity contribution >= 4 is 5.95 Å². The summed E-state index contributed by atoms with van der Waals surface area (Å²) in [6.45, 7) is 1.79. The summed E-state index contributed by atoms with van der Waals surface area (Å²) in [5.74, 6) is 1.01. The number of aromatic nitrogens is 5. The molecule has 0 amide bonds. The van der Waals surface area contributed by atoms with Gasteiger partial charge in [0.15, 0.2) is 0 Å². The van der Waals surface area contributed by atoms with Gasteiger partial charge in [-0.3, -0.25) is 4.68 Å². The highest BCUT2D eigenvalue weighted by atomic mass is 15.4. The first kappa shape index (κ1) is 12.2. The summed E-state index contributed by atoms with van der Waals surface area (Å²) in [6.07, 6.45) is 13.8. The van der Waals surface area contributed by atoms with Crippen molar-refractivity contribution in [3.63, 3.8) is 0 Å². The third-order valence-electron chi connectivity index (χ3n) is 3.71. The Balaban J connectivity index is 1.48. The lowest BCUT2D eigenvalue weighted by Gasteiger charge is -2.15. The zero-order chi connectivity index (χ0) is 12.9. The van der Waals surface area contributed by atoms with E-state index in [1.165, 1.54) is 25.7 Å². The molecule has 2 aromatic rings. The van der Waals surface area contributed by atoms with Crippen LogP contribution in [0.3, 0.4) is 0 Å². The minimum absolute atomic E-state index is 0.639. The second-order valence-electron chi connectivity index (χ2n) is 5.04. The topological polar surface area (TPSA) is 60.6 Å². The van der Waals surface area contributed by atoms with Gasteiger partial charge in [-0.1, -0.05) is 18.1 Å². The summed E-state index contributed by atoms with van der Waals surface area (Å²) in [7, 11) is 0. The summed E-state index contributed by atoms with van der Waals surface area (Å²) in [6, 6.07) is 0.639. The van der Waals surface area contributed by atoms with Gasteiger partial charge in [-0.25, -0.2) is 4.98 Å². The standard InChI is InChI=1S/C13H20N6/c1-2-5-12(4-1)19-11-7-15-13(19)14-6-3-9-18-10-8-16-17-18/h7-8,10-12H,1-6,9H2,(H,14,15). The number of rotatable bonds is 6. The average Bonchev–Trinajstić information content (AvgIpc) is 3.15. The van der Waals surface area contributed by atoms with Crippen LogP contribution in [0.1, 0.15) is 38.1 Å². The second-order valence-corrected chi connectivity index (χ2v) is 5.04. The van der Waals surface area contributed by atoms with E-state index in [0.717, 1.165) is 25.5 Å². The van der Waals surface area contributed by atoms with Crippen molar-refractivity contribution < 1.29 is 0 Å². The molecule has 0 unspecified atom stereocenters. The van der Waals surface area contributed by atoms with Gasteiger partial charge in [-0.2, -0.15) is 0 Å². The van der Waals surface area contributed by atoms with E-state index >= 15 is 0 Å². The first-order valence-corrected chi connectivity index (χ1v) is 7.04. The highest BCUT2D eigenvalue weighted by Gasteiger charge is 2.18. The van der Waals surface area contributed by atoms with Gasteiger partial charge >= 0.3 is 0 Å². The molecule has 2 heterocycles. The molecule has 1 aliphatic rings. The Bertz CT molecular complexity index is 483. The van der Waals surface area contributed by atoms with Crippen LogP contribution in [0.5, 0.6) is 0 Å². The molecule has 1 N–H and O–H groups in total. The maximum Gasteiger partial charge on any atom is 0.203 e. The Hall–Kier alpha value is -1.85. The maximum atomic E-state index is 4.41. The van der Waals surface area contributed by atoms with Crippen LogP contribution in [0.2, 0.25) is 0 Å². The number of hydrogen-bond acceptors (Lipinski definition) is 4. The van der Waals surface area contributed by atoms with Crippen molar-refractivity contribution in [3.8, 4) is 0 Å². The zero-order valence-electron chi connectivity index (χ0n) is 11.1. The monoisotopic (exact) mass is 260 g/mol. The van der Waals surface area contributed by atoms with Crippen LogP contribution in [0.15, 0.2) is 24.8 Å². The van der Waals surface area contributed by atoms with Crippen LogP contribution in [0.4, 0.5) is 5.95 Å². The van der Waals surface area contributed by atoms with Crippen molar-refractivity contribution in [1.82, 2.24) is 24.5 Å². The zero-order valence-corrected chi connectivity index (χ0v) is 11.1. The van der Waals surface area contributed by atoms with Gasteiger partial charge in [0.1, 0.15) is 0 Å². The third kappa shape index (κ3) is 2.94. The molecule has 0 aromatic carbocycles. The Morgan fingerprint density at radius 1 is 1.21 bits per heavy atom. The van der Waals surface area contributed by atoms with Crippen LogP contribution in [-0.4, -0.2) is 31.1 Å². The fourth-order valence-corrected chi connectivity index (χ4v) is 2.72. The van der Waals surface area contributed by atoms with Crippen LogP contribution in [0.25, 0.3) is 0 Å². The molecule has 0 bridgehead atoms. The minimum atomic E-state index is 0.639. The predicted octanol–water partition coefficient (Wildman–Crippen LogP) is 2.09. The number of nitrogens with one attached hydrogen (secondary N) is 1. The van der Waals surface area contributed by atoms with Crippen molar-refractivity contribution in [2.24, 2.45) is 0 Å². The molecule has 2 aromatic heterocycles. The van der Waals surface area contributed by atoms with Crippen LogP contribution in [-0.2, 0) is 6.54 Å². The molecular formula is C13H20N6. The fourth-order valence-electron chi connectivity index (χ4n) is 2.72. The molecule has 1 aliphatic carbocycles. The van der Waals surface area contributed by atoms with E-state index in [-0.39, 0.29) is 0 Å². The second kappa shape index (κ2) is 5.86. The molecule has 0 aliphatic heterocycles. The summed E-state index contributed by atoms with van der Waals surface area (Å²) >= 11 is 0. The molecule has 0 atom stereocenters. The molecule has 102 valence electrons. The number of nitrogens with zero attached hydrogens (tertiary/aromatic N) is 5. The van der Waals surface area contributed by atoms with Gasteiger partial charge in [0.2, 0.25) is 5.95 Å². The van der Waals surface area contributed by atoms with E-state index in [0.29, 0.717) is 6.04 Å². The summed E-state index contributed by atoms with van der Waals surface area (Å²) in [5.41, 5.74) is 0.